The number of hydrogen-bond donors (Lipinski definition) is 1. The summed E-state index contributed by atoms with van der Waals surface area (Å²) in [5.41, 5.74) is 0.419. The molecule has 19 heavy (non-hydrogen) atoms. The smallest absolute Gasteiger partial charge is 0.133 e. The second kappa shape index (κ2) is 5.22. The fraction of sp³-hybridized carbons (Fsp3) is 0.533. The van der Waals surface area contributed by atoms with Gasteiger partial charge in [0.15, 0.2) is 0 Å². The normalized spacial score (nSPS) is 34.1. The Morgan fingerprint density at radius 2 is 2.00 bits per heavy atom. The first-order valence-electron chi connectivity index (χ1n) is 6.95. The number of benzene rings is 1. The SMILES string of the molecule is C[NH+]1[C@@H]2CC[C@H]1CC(N=Cc1c(F)cccc1Cl)C2. The highest BCUT2D eigenvalue weighted by molar-refractivity contribution is 6.33. The standard InChI is InChI=1S/C15H18ClFN2/c1-19-11-5-6-12(19)8-10(7-11)18-9-13-14(16)3-2-4-15(13)17/h2-4,9-12H,5-8H2,1H3/p+1/t10?,11-,12+. The maximum absolute atomic E-state index is 13.7. The van der Waals surface area contributed by atoms with Gasteiger partial charge in [0.25, 0.3) is 0 Å². The Morgan fingerprint density at radius 1 is 1.32 bits per heavy atom. The average Bonchev–Trinajstić information content (AvgIpc) is 2.62. The number of aliphatic imine (C=N–C) groups is 1. The number of nitrogens with zero attached hydrogens (tertiary/aromatic N) is 1. The number of hydrogen-bond acceptors (Lipinski definition) is 1. The lowest BCUT2D eigenvalue weighted by Gasteiger charge is -2.31. The van der Waals surface area contributed by atoms with Crippen molar-refractivity contribution in [1.82, 2.24) is 0 Å². The lowest BCUT2D eigenvalue weighted by molar-refractivity contribution is -0.922. The number of nitrogens with one attached hydrogen (secondary N) is 1. The van der Waals surface area contributed by atoms with Crippen LogP contribution >= 0.6 is 11.6 Å². The van der Waals surface area contributed by atoms with Crippen LogP contribution < -0.4 is 4.90 Å². The summed E-state index contributed by atoms with van der Waals surface area (Å²) in [7, 11) is 2.29. The quantitative estimate of drug-likeness (QED) is 0.800. The van der Waals surface area contributed by atoms with Crippen molar-refractivity contribution >= 4 is 17.8 Å². The van der Waals surface area contributed by atoms with Gasteiger partial charge in [0.05, 0.1) is 30.2 Å². The van der Waals surface area contributed by atoms with Gasteiger partial charge >= 0.3 is 0 Å². The topological polar surface area (TPSA) is 16.8 Å². The molecule has 0 aliphatic carbocycles. The van der Waals surface area contributed by atoms with Gasteiger partial charge in [-0.2, -0.15) is 0 Å². The molecule has 4 heteroatoms. The molecule has 2 saturated heterocycles. The second-order valence-corrected chi connectivity index (χ2v) is 6.16. The molecule has 0 aromatic heterocycles. The molecule has 2 unspecified atom stereocenters. The van der Waals surface area contributed by atoms with Crippen molar-refractivity contribution in [2.24, 2.45) is 4.99 Å². The van der Waals surface area contributed by atoms with Gasteiger partial charge in [-0.15, -0.1) is 0 Å². The molecule has 2 aliphatic rings. The summed E-state index contributed by atoms with van der Waals surface area (Å²) in [6.07, 6.45) is 6.48. The fourth-order valence-electron chi connectivity index (χ4n) is 3.49. The summed E-state index contributed by atoms with van der Waals surface area (Å²) >= 11 is 6.00. The average molecular weight is 282 g/mol. The fourth-order valence-corrected chi connectivity index (χ4v) is 3.70. The molecular formula is C15H19ClFN2+. The Kier molecular flexibility index (Phi) is 3.59. The highest BCUT2D eigenvalue weighted by Gasteiger charge is 2.41. The highest BCUT2D eigenvalue weighted by Crippen LogP contribution is 2.25. The molecule has 0 saturated carbocycles. The van der Waals surface area contributed by atoms with Gasteiger partial charge in [0, 0.05) is 37.5 Å². The second-order valence-electron chi connectivity index (χ2n) is 5.75. The third-order valence-corrected chi connectivity index (χ3v) is 5.01. The van der Waals surface area contributed by atoms with E-state index >= 15 is 0 Å². The Morgan fingerprint density at radius 3 is 2.63 bits per heavy atom. The lowest BCUT2D eigenvalue weighted by atomic mass is 9.98. The van der Waals surface area contributed by atoms with Crippen LogP contribution in [0.1, 0.15) is 31.2 Å². The van der Waals surface area contributed by atoms with Crippen molar-refractivity contribution in [3.63, 3.8) is 0 Å². The monoisotopic (exact) mass is 281 g/mol. The van der Waals surface area contributed by atoms with E-state index in [4.69, 9.17) is 11.6 Å². The zero-order valence-corrected chi connectivity index (χ0v) is 11.8. The van der Waals surface area contributed by atoms with Crippen molar-refractivity contribution in [2.45, 2.75) is 43.8 Å². The van der Waals surface area contributed by atoms with Crippen LogP contribution in [0.2, 0.25) is 5.02 Å². The van der Waals surface area contributed by atoms with Gasteiger partial charge in [0.2, 0.25) is 0 Å². The van der Waals surface area contributed by atoms with Crippen molar-refractivity contribution < 1.29 is 9.29 Å². The Hall–Kier alpha value is -0.930. The minimum atomic E-state index is -0.294. The zero-order chi connectivity index (χ0) is 13.4. The van der Waals surface area contributed by atoms with Crippen LogP contribution in [0.15, 0.2) is 23.2 Å². The molecule has 102 valence electrons. The third kappa shape index (κ3) is 2.54. The summed E-state index contributed by atoms with van der Waals surface area (Å²) in [5, 5.41) is 0.435. The summed E-state index contributed by atoms with van der Waals surface area (Å²) in [6.45, 7) is 0. The van der Waals surface area contributed by atoms with Crippen LogP contribution in [0.25, 0.3) is 0 Å². The molecular weight excluding hydrogens is 263 g/mol. The molecule has 0 radical (unpaired) electrons. The molecule has 2 bridgehead atoms. The van der Waals surface area contributed by atoms with Crippen molar-refractivity contribution in [2.75, 3.05) is 7.05 Å². The summed E-state index contributed by atoms with van der Waals surface area (Å²) in [5.74, 6) is -0.294. The Balaban J connectivity index is 1.74. The number of fused-ring (bicyclic) bond motifs is 2. The minimum absolute atomic E-state index is 0.294. The van der Waals surface area contributed by atoms with E-state index in [0.29, 0.717) is 16.6 Å². The van der Waals surface area contributed by atoms with E-state index < -0.39 is 0 Å². The molecule has 4 atom stereocenters. The molecule has 2 heterocycles. The van der Waals surface area contributed by atoms with E-state index in [-0.39, 0.29) is 5.82 Å². The van der Waals surface area contributed by atoms with Gasteiger partial charge in [-0.1, -0.05) is 17.7 Å². The van der Waals surface area contributed by atoms with Gasteiger partial charge < -0.3 is 4.90 Å². The molecule has 1 N–H and O–H groups in total. The molecule has 0 spiro atoms. The first-order chi connectivity index (χ1) is 9.15. The summed E-state index contributed by atoms with van der Waals surface area (Å²) < 4.78 is 13.7. The van der Waals surface area contributed by atoms with Crippen LogP contribution in [-0.4, -0.2) is 31.4 Å². The molecule has 1 aromatic rings. The van der Waals surface area contributed by atoms with Gasteiger partial charge in [-0.3, -0.25) is 4.99 Å². The van der Waals surface area contributed by atoms with Gasteiger partial charge in [-0.05, 0) is 12.1 Å². The van der Waals surface area contributed by atoms with E-state index in [2.05, 4.69) is 12.0 Å². The van der Waals surface area contributed by atoms with Gasteiger partial charge in [-0.25, -0.2) is 4.39 Å². The first kappa shape index (κ1) is 13.1. The van der Waals surface area contributed by atoms with E-state index in [1.165, 1.54) is 18.9 Å². The van der Waals surface area contributed by atoms with Gasteiger partial charge in [0.1, 0.15) is 5.82 Å². The number of rotatable bonds is 2. The molecule has 2 nitrogen and oxygen atoms in total. The zero-order valence-electron chi connectivity index (χ0n) is 11.1. The Bertz CT molecular complexity index is 469. The number of piperidine rings is 1. The van der Waals surface area contributed by atoms with Crippen molar-refractivity contribution in [1.29, 1.82) is 0 Å². The van der Waals surface area contributed by atoms with Crippen LogP contribution in [0.3, 0.4) is 0 Å². The predicted molar refractivity (Wildman–Crippen MR) is 75.7 cm³/mol. The minimum Gasteiger partial charge on any atom is -0.332 e. The first-order valence-corrected chi connectivity index (χ1v) is 7.33. The third-order valence-electron chi connectivity index (χ3n) is 4.68. The lowest BCUT2D eigenvalue weighted by Crippen LogP contribution is -3.15. The maximum Gasteiger partial charge on any atom is 0.133 e. The van der Waals surface area contributed by atoms with Crippen molar-refractivity contribution in [3.05, 3.63) is 34.6 Å². The van der Waals surface area contributed by atoms with Crippen LogP contribution in [0.5, 0.6) is 0 Å². The summed E-state index contributed by atoms with van der Waals surface area (Å²) in [6, 6.07) is 6.55. The summed E-state index contributed by atoms with van der Waals surface area (Å²) in [4.78, 5) is 6.25. The molecule has 2 aliphatic heterocycles. The molecule has 3 rings (SSSR count). The van der Waals surface area contributed by atoms with E-state index in [1.54, 1.807) is 23.2 Å². The molecule has 2 fully saturated rings. The van der Waals surface area contributed by atoms with Crippen LogP contribution in [0, 0.1) is 5.82 Å². The Labute approximate surface area is 118 Å². The molecule has 0 amide bonds. The molecule has 1 aromatic carbocycles. The van der Waals surface area contributed by atoms with E-state index in [0.717, 1.165) is 24.9 Å². The highest BCUT2D eigenvalue weighted by atomic mass is 35.5. The van der Waals surface area contributed by atoms with Crippen LogP contribution in [-0.2, 0) is 0 Å². The predicted octanol–water partition coefficient (Wildman–Crippen LogP) is 2.11. The van der Waals surface area contributed by atoms with Crippen molar-refractivity contribution in [3.8, 4) is 0 Å². The van der Waals surface area contributed by atoms with E-state index in [1.807, 2.05) is 0 Å². The number of halogens is 2. The van der Waals surface area contributed by atoms with Crippen LogP contribution in [0.4, 0.5) is 4.39 Å². The number of quaternary nitrogens is 1. The van der Waals surface area contributed by atoms with E-state index in [9.17, 15) is 4.39 Å². The largest absolute Gasteiger partial charge is 0.332 e. The maximum atomic E-state index is 13.7.